The standard InChI is InChI=1S/C20H22O5/c1-4-23-18(21)20(19(22)24-5-2)11-15-10-14(17-7-6-8-25-17)9-13(3)16(15)12-20/h6-10H,4-5,11-12H2,1-3H3. The lowest BCUT2D eigenvalue weighted by atomic mass is 9.84. The highest BCUT2D eigenvalue weighted by atomic mass is 16.6. The quantitative estimate of drug-likeness (QED) is 0.615. The third-order valence-corrected chi connectivity index (χ3v) is 4.67. The minimum Gasteiger partial charge on any atom is -0.465 e. The third kappa shape index (κ3) is 2.95. The molecule has 0 saturated heterocycles. The Balaban J connectivity index is 2.02. The van der Waals surface area contributed by atoms with Crippen LogP contribution in [0.4, 0.5) is 0 Å². The van der Waals surface area contributed by atoms with Crippen molar-refractivity contribution in [3.8, 4) is 11.3 Å². The molecule has 0 atom stereocenters. The number of carbonyl (C=O) groups is 2. The van der Waals surface area contributed by atoms with E-state index in [9.17, 15) is 9.59 Å². The molecule has 0 aliphatic heterocycles. The largest absolute Gasteiger partial charge is 0.465 e. The van der Waals surface area contributed by atoms with Crippen LogP contribution in [0.3, 0.4) is 0 Å². The topological polar surface area (TPSA) is 65.7 Å². The monoisotopic (exact) mass is 342 g/mol. The van der Waals surface area contributed by atoms with Gasteiger partial charge in [-0.25, -0.2) is 0 Å². The molecule has 0 radical (unpaired) electrons. The highest BCUT2D eigenvalue weighted by molar-refractivity contribution is 6.01. The summed E-state index contributed by atoms with van der Waals surface area (Å²) in [6, 6.07) is 7.73. The minimum atomic E-state index is -1.29. The second-order valence-corrected chi connectivity index (χ2v) is 6.28. The molecule has 0 bridgehead atoms. The van der Waals surface area contributed by atoms with Gasteiger partial charge in [0.15, 0.2) is 5.41 Å². The fourth-order valence-electron chi connectivity index (χ4n) is 3.49. The molecule has 132 valence electrons. The number of rotatable bonds is 5. The minimum absolute atomic E-state index is 0.229. The predicted molar refractivity (Wildman–Crippen MR) is 92.0 cm³/mol. The molecule has 5 heteroatoms. The predicted octanol–water partition coefficient (Wildman–Crippen LogP) is 3.47. The molecule has 5 nitrogen and oxygen atoms in total. The van der Waals surface area contributed by atoms with Crippen LogP contribution in [0.15, 0.2) is 34.9 Å². The zero-order chi connectivity index (χ0) is 18.0. The van der Waals surface area contributed by atoms with Gasteiger partial charge in [-0.3, -0.25) is 9.59 Å². The first-order valence-corrected chi connectivity index (χ1v) is 8.52. The van der Waals surface area contributed by atoms with Gasteiger partial charge in [0.25, 0.3) is 0 Å². The van der Waals surface area contributed by atoms with Gasteiger partial charge in [0, 0.05) is 12.0 Å². The van der Waals surface area contributed by atoms with Crippen LogP contribution in [-0.4, -0.2) is 25.2 Å². The molecule has 0 spiro atoms. The van der Waals surface area contributed by atoms with E-state index in [1.807, 2.05) is 31.2 Å². The van der Waals surface area contributed by atoms with Crippen molar-refractivity contribution in [2.75, 3.05) is 13.2 Å². The Morgan fingerprint density at radius 1 is 1.12 bits per heavy atom. The van der Waals surface area contributed by atoms with Gasteiger partial charge >= 0.3 is 11.9 Å². The smallest absolute Gasteiger partial charge is 0.324 e. The Hall–Kier alpha value is -2.56. The first kappa shape index (κ1) is 17.3. The number of hydrogen-bond acceptors (Lipinski definition) is 5. The lowest BCUT2D eigenvalue weighted by molar-refractivity contribution is -0.171. The van der Waals surface area contributed by atoms with E-state index >= 15 is 0 Å². The summed E-state index contributed by atoms with van der Waals surface area (Å²) in [4.78, 5) is 25.3. The molecule has 1 aromatic carbocycles. The van der Waals surface area contributed by atoms with Gasteiger partial charge < -0.3 is 13.9 Å². The second-order valence-electron chi connectivity index (χ2n) is 6.28. The Kier molecular flexibility index (Phi) is 4.66. The van der Waals surface area contributed by atoms with E-state index in [1.54, 1.807) is 20.1 Å². The van der Waals surface area contributed by atoms with Crippen molar-refractivity contribution in [1.82, 2.24) is 0 Å². The van der Waals surface area contributed by atoms with Crippen LogP contribution in [0.2, 0.25) is 0 Å². The maximum atomic E-state index is 12.6. The molecule has 3 rings (SSSR count). The van der Waals surface area contributed by atoms with E-state index in [4.69, 9.17) is 13.9 Å². The summed E-state index contributed by atoms with van der Waals surface area (Å²) in [6.45, 7) is 5.91. The summed E-state index contributed by atoms with van der Waals surface area (Å²) in [5.74, 6) is -0.261. The van der Waals surface area contributed by atoms with Crippen molar-refractivity contribution >= 4 is 11.9 Å². The van der Waals surface area contributed by atoms with E-state index < -0.39 is 17.4 Å². The van der Waals surface area contributed by atoms with Gasteiger partial charge in [-0.05, 0) is 68.1 Å². The maximum absolute atomic E-state index is 12.6. The summed E-state index contributed by atoms with van der Waals surface area (Å²) in [5, 5.41) is 0. The zero-order valence-corrected chi connectivity index (χ0v) is 14.8. The molecule has 0 N–H and O–H groups in total. The lowest BCUT2D eigenvalue weighted by Crippen LogP contribution is -2.43. The van der Waals surface area contributed by atoms with Crippen molar-refractivity contribution in [3.63, 3.8) is 0 Å². The fourth-order valence-corrected chi connectivity index (χ4v) is 3.49. The summed E-state index contributed by atoms with van der Waals surface area (Å²) >= 11 is 0. The van der Waals surface area contributed by atoms with Gasteiger partial charge in [-0.1, -0.05) is 0 Å². The lowest BCUT2D eigenvalue weighted by Gasteiger charge is -2.24. The highest BCUT2D eigenvalue weighted by Crippen LogP contribution is 2.42. The zero-order valence-electron chi connectivity index (χ0n) is 14.8. The van der Waals surface area contributed by atoms with Gasteiger partial charge in [-0.15, -0.1) is 0 Å². The van der Waals surface area contributed by atoms with Gasteiger partial charge in [0.1, 0.15) is 5.76 Å². The third-order valence-electron chi connectivity index (χ3n) is 4.67. The molecule has 0 fully saturated rings. The van der Waals surface area contributed by atoms with E-state index in [1.165, 1.54) is 0 Å². The van der Waals surface area contributed by atoms with E-state index in [-0.39, 0.29) is 19.6 Å². The van der Waals surface area contributed by atoms with Crippen molar-refractivity contribution in [3.05, 3.63) is 47.2 Å². The second kappa shape index (κ2) is 6.75. The van der Waals surface area contributed by atoms with Crippen LogP contribution in [0.1, 0.15) is 30.5 Å². The summed E-state index contributed by atoms with van der Waals surface area (Å²) < 4.78 is 15.9. The molecular formula is C20H22O5. The number of aryl methyl sites for hydroxylation is 1. The van der Waals surface area contributed by atoms with Crippen LogP contribution >= 0.6 is 0 Å². The Morgan fingerprint density at radius 2 is 1.80 bits per heavy atom. The van der Waals surface area contributed by atoms with Crippen molar-refractivity contribution in [1.29, 1.82) is 0 Å². The maximum Gasteiger partial charge on any atom is 0.324 e. The number of benzene rings is 1. The normalized spacial score (nSPS) is 14.8. The van der Waals surface area contributed by atoms with E-state index in [0.29, 0.717) is 6.42 Å². The van der Waals surface area contributed by atoms with Gasteiger partial charge in [0.05, 0.1) is 19.5 Å². The highest BCUT2D eigenvalue weighted by Gasteiger charge is 2.53. The van der Waals surface area contributed by atoms with Crippen LogP contribution < -0.4 is 0 Å². The average molecular weight is 342 g/mol. The van der Waals surface area contributed by atoms with Crippen LogP contribution in [0.25, 0.3) is 11.3 Å². The number of ether oxygens (including phenoxy) is 2. The Bertz CT molecular complexity index is 771. The fraction of sp³-hybridized carbons (Fsp3) is 0.400. The molecular weight excluding hydrogens is 320 g/mol. The van der Waals surface area contributed by atoms with Crippen LogP contribution in [0, 0.1) is 12.3 Å². The first-order chi connectivity index (χ1) is 12.0. The van der Waals surface area contributed by atoms with Crippen molar-refractivity contribution < 1.29 is 23.5 Å². The number of esters is 2. The van der Waals surface area contributed by atoms with E-state index in [2.05, 4.69) is 0 Å². The molecule has 0 amide bonds. The molecule has 1 heterocycles. The molecule has 1 aromatic heterocycles. The van der Waals surface area contributed by atoms with Crippen LogP contribution in [0.5, 0.6) is 0 Å². The van der Waals surface area contributed by atoms with E-state index in [0.717, 1.165) is 28.0 Å². The number of carbonyl (C=O) groups excluding carboxylic acids is 2. The Morgan fingerprint density at radius 3 is 2.36 bits per heavy atom. The molecule has 0 saturated carbocycles. The number of fused-ring (bicyclic) bond motifs is 1. The van der Waals surface area contributed by atoms with Crippen molar-refractivity contribution in [2.24, 2.45) is 5.41 Å². The molecule has 2 aromatic rings. The van der Waals surface area contributed by atoms with Crippen LogP contribution in [-0.2, 0) is 31.9 Å². The summed E-state index contributed by atoms with van der Waals surface area (Å²) in [5.41, 5.74) is 2.65. The van der Waals surface area contributed by atoms with Crippen molar-refractivity contribution in [2.45, 2.75) is 33.6 Å². The van der Waals surface area contributed by atoms with Gasteiger partial charge in [0.2, 0.25) is 0 Å². The Labute approximate surface area is 146 Å². The molecule has 0 unspecified atom stereocenters. The molecule has 1 aliphatic carbocycles. The molecule has 25 heavy (non-hydrogen) atoms. The first-order valence-electron chi connectivity index (χ1n) is 8.52. The average Bonchev–Trinajstić information content (AvgIpc) is 3.23. The molecule has 1 aliphatic rings. The summed E-state index contributed by atoms with van der Waals surface area (Å²) in [7, 11) is 0. The van der Waals surface area contributed by atoms with Gasteiger partial charge in [-0.2, -0.15) is 0 Å². The number of furan rings is 1. The number of hydrogen-bond donors (Lipinski definition) is 0. The summed E-state index contributed by atoms with van der Waals surface area (Å²) in [6.07, 6.45) is 2.22. The SMILES string of the molecule is CCOC(=O)C1(C(=O)OCC)Cc2cc(-c3ccco3)cc(C)c2C1.